The normalized spacial score (nSPS) is 23.9. The Morgan fingerprint density at radius 3 is 2.56 bits per heavy atom. The van der Waals surface area contributed by atoms with Gasteiger partial charge in [0.05, 0.1) is 5.02 Å². The zero-order valence-corrected chi connectivity index (χ0v) is 11.3. The Morgan fingerprint density at radius 2 is 2.00 bits per heavy atom. The van der Waals surface area contributed by atoms with E-state index in [1.807, 2.05) is 0 Å². The van der Waals surface area contributed by atoms with Gasteiger partial charge in [0.2, 0.25) is 0 Å². The molecule has 0 spiro atoms. The molecule has 1 nitrogen and oxygen atoms in total. The molecule has 1 aliphatic rings. The molecule has 0 aliphatic heterocycles. The molecule has 3 heteroatoms. The lowest BCUT2D eigenvalue weighted by atomic mass is 9.78. The van der Waals surface area contributed by atoms with Crippen LogP contribution in [0.1, 0.15) is 49.4 Å². The maximum atomic E-state index is 13.1. The first kappa shape index (κ1) is 13.5. The largest absolute Gasteiger partial charge is 0.294 e. The molecule has 1 aromatic rings. The summed E-state index contributed by atoms with van der Waals surface area (Å²) in [5, 5.41) is 0.0306. The first-order valence-corrected chi connectivity index (χ1v) is 6.99. The summed E-state index contributed by atoms with van der Waals surface area (Å²) >= 11 is 5.72. The van der Waals surface area contributed by atoms with E-state index in [2.05, 4.69) is 6.92 Å². The highest BCUT2D eigenvalue weighted by Crippen LogP contribution is 2.33. The fourth-order valence-corrected chi connectivity index (χ4v) is 2.90. The van der Waals surface area contributed by atoms with E-state index in [0.717, 1.165) is 31.6 Å². The van der Waals surface area contributed by atoms with Crippen LogP contribution >= 0.6 is 11.6 Å². The number of carbonyl (C=O) groups excluding carboxylic acids is 1. The van der Waals surface area contributed by atoms with Crippen molar-refractivity contribution in [3.05, 3.63) is 34.6 Å². The van der Waals surface area contributed by atoms with Crippen LogP contribution in [0.4, 0.5) is 4.39 Å². The Balaban J connectivity index is 2.05. The number of carbonyl (C=O) groups is 1. The zero-order valence-electron chi connectivity index (χ0n) is 10.6. The average Bonchev–Trinajstić information content (AvgIpc) is 2.41. The van der Waals surface area contributed by atoms with Crippen molar-refractivity contribution in [1.29, 1.82) is 0 Å². The van der Waals surface area contributed by atoms with Crippen molar-refractivity contribution in [2.24, 2.45) is 11.8 Å². The van der Waals surface area contributed by atoms with Gasteiger partial charge in [0.1, 0.15) is 5.82 Å². The molecule has 1 fully saturated rings. The van der Waals surface area contributed by atoms with Crippen molar-refractivity contribution in [3.8, 4) is 0 Å². The topological polar surface area (TPSA) is 17.1 Å². The quantitative estimate of drug-likeness (QED) is 0.714. The Kier molecular flexibility index (Phi) is 4.39. The number of benzene rings is 1. The van der Waals surface area contributed by atoms with Crippen molar-refractivity contribution in [2.45, 2.75) is 39.0 Å². The van der Waals surface area contributed by atoms with Gasteiger partial charge < -0.3 is 0 Å². The van der Waals surface area contributed by atoms with E-state index in [0.29, 0.717) is 5.56 Å². The Morgan fingerprint density at radius 1 is 1.33 bits per heavy atom. The van der Waals surface area contributed by atoms with E-state index in [1.54, 1.807) is 0 Å². The van der Waals surface area contributed by atoms with Gasteiger partial charge in [-0.25, -0.2) is 4.39 Å². The molecule has 0 heterocycles. The van der Waals surface area contributed by atoms with Crippen molar-refractivity contribution >= 4 is 17.4 Å². The molecule has 0 bridgehead atoms. The summed E-state index contributed by atoms with van der Waals surface area (Å²) in [7, 11) is 0. The van der Waals surface area contributed by atoms with E-state index >= 15 is 0 Å². The maximum absolute atomic E-state index is 13.1. The third kappa shape index (κ3) is 2.92. The summed E-state index contributed by atoms with van der Waals surface area (Å²) < 4.78 is 13.1. The van der Waals surface area contributed by atoms with Crippen molar-refractivity contribution in [3.63, 3.8) is 0 Å². The smallest absolute Gasteiger partial charge is 0.165 e. The predicted octanol–water partition coefficient (Wildman–Crippen LogP) is 4.88. The van der Waals surface area contributed by atoms with Gasteiger partial charge in [-0.05, 0) is 49.8 Å². The first-order valence-electron chi connectivity index (χ1n) is 6.61. The molecular formula is C15H18ClFO. The van der Waals surface area contributed by atoms with Crippen LogP contribution in [-0.4, -0.2) is 5.78 Å². The minimum Gasteiger partial charge on any atom is -0.294 e. The Hall–Kier alpha value is -0.890. The van der Waals surface area contributed by atoms with Crippen LogP contribution in [-0.2, 0) is 0 Å². The number of rotatable bonds is 3. The Labute approximate surface area is 112 Å². The molecule has 98 valence electrons. The van der Waals surface area contributed by atoms with Crippen LogP contribution < -0.4 is 0 Å². The second-order valence-electron chi connectivity index (χ2n) is 5.12. The van der Waals surface area contributed by atoms with Crippen LogP contribution in [0.25, 0.3) is 0 Å². The Bertz CT molecular complexity index is 436. The van der Waals surface area contributed by atoms with E-state index in [-0.39, 0.29) is 16.7 Å². The number of halogens is 2. The van der Waals surface area contributed by atoms with Crippen LogP contribution in [0.15, 0.2) is 18.2 Å². The lowest BCUT2D eigenvalue weighted by Crippen LogP contribution is -2.21. The van der Waals surface area contributed by atoms with Crippen LogP contribution in [0.5, 0.6) is 0 Å². The summed E-state index contributed by atoms with van der Waals surface area (Å²) in [6.07, 6.45) is 5.35. The summed E-state index contributed by atoms with van der Waals surface area (Å²) in [5.74, 6) is 0.509. The van der Waals surface area contributed by atoms with Crippen molar-refractivity contribution in [1.82, 2.24) is 0 Å². The molecule has 0 radical (unpaired) electrons. The van der Waals surface area contributed by atoms with Gasteiger partial charge in [-0.1, -0.05) is 24.9 Å². The van der Waals surface area contributed by atoms with E-state index in [1.165, 1.54) is 24.6 Å². The van der Waals surface area contributed by atoms with Crippen LogP contribution in [0.2, 0.25) is 5.02 Å². The van der Waals surface area contributed by atoms with Gasteiger partial charge in [0.25, 0.3) is 0 Å². The molecule has 1 aromatic carbocycles. The molecule has 2 rings (SSSR count). The lowest BCUT2D eigenvalue weighted by Gasteiger charge is -2.26. The van der Waals surface area contributed by atoms with Crippen molar-refractivity contribution < 1.29 is 9.18 Å². The van der Waals surface area contributed by atoms with Crippen molar-refractivity contribution in [2.75, 3.05) is 0 Å². The average molecular weight is 269 g/mol. The molecule has 1 saturated carbocycles. The van der Waals surface area contributed by atoms with Crippen LogP contribution in [0, 0.1) is 17.7 Å². The minimum atomic E-state index is -0.470. The molecule has 0 amide bonds. The summed E-state index contributed by atoms with van der Waals surface area (Å²) in [4.78, 5) is 12.3. The standard InChI is InChI=1S/C15H18ClFO/c1-2-10-3-5-11(6-4-10)15(18)12-7-8-14(17)13(16)9-12/h7-11H,2-6H2,1H3. The summed E-state index contributed by atoms with van der Waals surface area (Å²) in [6.45, 7) is 2.20. The number of Topliss-reactive ketones (excluding diaryl/α,β-unsaturated/α-hetero) is 1. The fraction of sp³-hybridized carbons (Fsp3) is 0.533. The monoisotopic (exact) mass is 268 g/mol. The van der Waals surface area contributed by atoms with Gasteiger partial charge >= 0.3 is 0 Å². The third-order valence-corrected chi connectivity index (χ3v) is 4.29. The SMILES string of the molecule is CCC1CCC(C(=O)c2ccc(F)c(Cl)c2)CC1. The molecule has 18 heavy (non-hydrogen) atoms. The van der Waals surface area contributed by atoms with Gasteiger partial charge in [-0.2, -0.15) is 0 Å². The molecule has 0 aromatic heterocycles. The molecule has 1 aliphatic carbocycles. The lowest BCUT2D eigenvalue weighted by molar-refractivity contribution is 0.0871. The molecule has 0 atom stereocenters. The zero-order chi connectivity index (χ0) is 13.1. The summed E-state index contributed by atoms with van der Waals surface area (Å²) in [6, 6.07) is 4.26. The third-order valence-electron chi connectivity index (χ3n) is 4.00. The first-order chi connectivity index (χ1) is 8.61. The number of hydrogen-bond acceptors (Lipinski definition) is 1. The second-order valence-corrected chi connectivity index (χ2v) is 5.53. The van der Waals surface area contributed by atoms with Crippen LogP contribution in [0.3, 0.4) is 0 Å². The predicted molar refractivity (Wildman–Crippen MR) is 71.5 cm³/mol. The highest BCUT2D eigenvalue weighted by molar-refractivity contribution is 6.31. The number of ketones is 1. The number of hydrogen-bond donors (Lipinski definition) is 0. The van der Waals surface area contributed by atoms with E-state index in [9.17, 15) is 9.18 Å². The fourth-order valence-electron chi connectivity index (χ4n) is 2.72. The molecular weight excluding hydrogens is 251 g/mol. The highest BCUT2D eigenvalue weighted by atomic mass is 35.5. The molecule has 0 unspecified atom stereocenters. The van der Waals surface area contributed by atoms with Gasteiger partial charge in [-0.15, -0.1) is 0 Å². The summed E-state index contributed by atoms with van der Waals surface area (Å²) in [5.41, 5.74) is 0.543. The highest BCUT2D eigenvalue weighted by Gasteiger charge is 2.26. The van der Waals surface area contributed by atoms with Gasteiger partial charge in [0.15, 0.2) is 5.78 Å². The van der Waals surface area contributed by atoms with E-state index < -0.39 is 5.82 Å². The molecule has 0 N–H and O–H groups in total. The van der Waals surface area contributed by atoms with E-state index in [4.69, 9.17) is 11.6 Å². The van der Waals surface area contributed by atoms with Gasteiger partial charge in [0, 0.05) is 11.5 Å². The molecule has 0 saturated heterocycles. The maximum Gasteiger partial charge on any atom is 0.165 e. The minimum absolute atomic E-state index is 0.0306. The van der Waals surface area contributed by atoms with Gasteiger partial charge in [-0.3, -0.25) is 4.79 Å². The second kappa shape index (κ2) is 5.83.